The standard InChI is InChI=1S/C23H16ClN3O4/c1-31-21-11-10-16(24)14-20(21)26-22(25-19-8-3-2-7-18(19)23(26)28)12-9-15-5-4-6-17(13-15)27(29)30/h2-14H,1H3. The molecule has 4 aromatic rings. The van der Waals surface area contributed by atoms with E-state index in [1.165, 1.54) is 23.8 Å². The quantitative estimate of drug-likeness (QED) is 0.322. The van der Waals surface area contributed by atoms with E-state index in [0.29, 0.717) is 38.8 Å². The summed E-state index contributed by atoms with van der Waals surface area (Å²) in [6.45, 7) is 0. The van der Waals surface area contributed by atoms with Crippen LogP contribution in [0.4, 0.5) is 5.69 Å². The van der Waals surface area contributed by atoms with E-state index in [-0.39, 0.29) is 11.2 Å². The third-order valence-electron chi connectivity index (χ3n) is 4.69. The van der Waals surface area contributed by atoms with E-state index in [1.54, 1.807) is 66.7 Å². The van der Waals surface area contributed by atoms with Crippen LogP contribution in [0.25, 0.3) is 28.7 Å². The number of nitro benzene ring substituents is 1. The molecule has 1 heterocycles. The van der Waals surface area contributed by atoms with E-state index in [1.807, 2.05) is 0 Å². The molecule has 0 saturated heterocycles. The molecule has 0 aliphatic heterocycles. The Morgan fingerprint density at radius 1 is 1.06 bits per heavy atom. The van der Waals surface area contributed by atoms with Crippen molar-refractivity contribution in [2.45, 2.75) is 0 Å². The van der Waals surface area contributed by atoms with E-state index < -0.39 is 4.92 Å². The van der Waals surface area contributed by atoms with Crippen molar-refractivity contribution in [3.63, 3.8) is 0 Å². The molecule has 0 N–H and O–H groups in total. The largest absolute Gasteiger partial charge is 0.495 e. The fourth-order valence-corrected chi connectivity index (χ4v) is 3.41. The van der Waals surface area contributed by atoms with Crippen LogP contribution in [-0.4, -0.2) is 21.6 Å². The third kappa shape index (κ3) is 4.04. The number of para-hydroxylation sites is 1. The van der Waals surface area contributed by atoms with Crippen LogP contribution in [0, 0.1) is 10.1 Å². The van der Waals surface area contributed by atoms with Crippen molar-refractivity contribution in [2.24, 2.45) is 0 Å². The number of fused-ring (bicyclic) bond motifs is 1. The van der Waals surface area contributed by atoms with Gasteiger partial charge in [0.25, 0.3) is 11.2 Å². The Balaban J connectivity index is 1.96. The molecule has 0 unspecified atom stereocenters. The van der Waals surface area contributed by atoms with Gasteiger partial charge >= 0.3 is 0 Å². The van der Waals surface area contributed by atoms with Crippen LogP contribution < -0.4 is 10.3 Å². The summed E-state index contributed by atoms with van der Waals surface area (Å²) >= 11 is 6.19. The van der Waals surface area contributed by atoms with Crippen LogP contribution in [0.2, 0.25) is 5.02 Å². The van der Waals surface area contributed by atoms with Gasteiger partial charge in [0.2, 0.25) is 0 Å². The molecule has 0 radical (unpaired) electrons. The van der Waals surface area contributed by atoms with Gasteiger partial charge in [0.1, 0.15) is 11.6 Å². The number of rotatable bonds is 5. The second-order valence-electron chi connectivity index (χ2n) is 6.63. The van der Waals surface area contributed by atoms with E-state index in [2.05, 4.69) is 4.98 Å². The maximum absolute atomic E-state index is 13.4. The zero-order valence-corrected chi connectivity index (χ0v) is 17.1. The molecule has 3 aromatic carbocycles. The molecular weight excluding hydrogens is 418 g/mol. The lowest BCUT2D eigenvalue weighted by Crippen LogP contribution is -2.22. The summed E-state index contributed by atoms with van der Waals surface area (Å²) in [7, 11) is 1.50. The van der Waals surface area contributed by atoms with Crippen LogP contribution in [0.3, 0.4) is 0 Å². The number of benzene rings is 3. The summed E-state index contributed by atoms with van der Waals surface area (Å²) in [4.78, 5) is 28.6. The minimum atomic E-state index is -0.460. The van der Waals surface area contributed by atoms with Gasteiger partial charge in [-0.1, -0.05) is 41.9 Å². The fraction of sp³-hybridized carbons (Fsp3) is 0.0435. The highest BCUT2D eigenvalue weighted by molar-refractivity contribution is 6.30. The van der Waals surface area contributed by atoms with Gasteiger partial charge in [-0.25, -0.2) is 4.98 Å². The van der Waals surface area contributed by atoms with Gasteiger partial charge in [-0.2, -0.15) is 0 Å². The Kier molecular flexibility index (Phi) is 5.51. The van der Waals surface area contributed by atoms with Crippen LogP contribution in [0.1, 0.15) is 11.4 Å². The van der Waals surface area contributed by atoms with Crippen LogP contribution in [0.15, 0.2) is 71.5 Å². The molecule has 0 amide bonds. The molecule has 7 nitrogen and oxygen atoms in total. The van der Waals surface area contributed by atoms with E-state index >= 15 is 0 Å². The molecule has 0 saturated carbocycles. The molecule has 0 spiro atoms. The Bertz CT molecular complexity index is 1400. The zero-order valence-electron chi connectivity index (χ0n) is 16.4. The molecule has 1 aromatic heterocycles. The number of aromatic nitrogens is 2. The Morgan fingerprint density at radius 2 is 1.87 bits per heavy atom. The van der Waals surface area contributed by atoms with Gasteiger partial charge in [0.15, 0.2) is 0 Å². The first-order chi connectivity index (χ1) is 15.0. The first-order valence-corrected chi connectivity index (χ1v) is 9.64. The number of nitrogens with zero attached hydrogens (tertiary/aromatic N) is 3. The number of hydrogen-bond donors (Lipinski definition) is 0. The molecule has 4 rings (SSSR count). The highest BCUT2D eigenvalue weighted by atomic mass is 35.5. The number of hydrogen-bond acceptors (Lipinski definition) is 5. The molecule has 154 valence electrons. The van der Waals surface area contributed by atoms with Crippen molar-refractivity contribution < 1.29 is 9.66 Å². The molecule has 0 fully saturated rings. The van der Waals surface area contributed by atoms with Gasteiger partial charge in [0, 0.05) is 17.2 Å². The Morgan fingerprint density at radius 3 is 2.65 bits per heavy atom. The molecule has 0 atom stereocenters. The minimum Gasteiger partial charge on any atom is -0.495 e. The maximum Gasteiger partial charge on any atom is 0.270 e. The zero-order chi connectivity index (χ0) is 22.0. The highest BCUT2D eigenvalue weighted by Gasteiger charge is 2.15. The Labute approximate surface area is 182 Å². The number of non-ortho nitro benzene ring substituents is 1. The SMILES string of the molecule is COc1ccc(Cl)cc1-n1c(C=Cc2cccc([N+](=O)[O-])c2)nc2ccccc2c1=O. The van der Waals surface area contributed by atoms with Gasteiger partial charge in [-0.15, -0.1) is 0 Å². The highest BCUT2D eigenvalue weighted by Crippen LogP contribution is 2.27. The summed E-state index contributed by atoms with van der Waals surface area (Å²) in [5, 5.41) is 11.9. The van der Waals surface area contributed by atoms with E-state index in [4.69, 9.17) is 16.3 Å². The van der Waals surface area contributed by atoms with Crippen LogP contribution in [-0.2, 0) is 0 Å². The second-order valence-corrected chi connectivity index (χ2v) is 7.07. The van der Waals surface area contributed by atoms with Gasteiger partial charge in [-0.05, 0) is 42.0 Å². The predicted molar refractivity (Wildman–Crippen MR) is 121 cm³/mol. The van der Waals surface area contributed by atoms with Crippen LogP contribution >= 0.6 is 11.6 Å². The second kappa shape index (κ2) is 8.41. The first kappa shape index (κ1) is 20.3. The number of halogens is 1. The van der Waals surface area contributed by atoms with Crippen LogP contribution in [0.5, 0.6) is 5.75 Å². The van der Waals surface area contributed by atoms with E-state index in [9.17, 15) is 14.9 Å². The van der Waals surface area contributed by atoms with Crippen molar-refractivity contribution in [3.05, 3.63) is 104 Å². The molecule has 31 heavy (non-hydrogen) atoms. The van der Waals surface area contributed by atoms with Gasteiger partial charge in [-0.3, -0.25) is 19.5 Å². The lowest BCUT2D eigenvalue weighted by atomic mass is 10.1. The lowest BCUT2D eigenvalue weighted by molar-refractivity contribution is -0.384. The molecule has 8 heteroatoms. The summed E-state index contributed by atoms with van der Waals surface area (Å²) < 4.78 is 6.85. The van der Waals surface area contributed by atoms with E-state index in [0.717, 1.165) is 0 Å². The third-order valence-corrected chi connectivity index (χ3v) is 4.92. The van der Waals surface area contributed by atoms with Crippen molar-refractivity contribution in [1.82, 2.24) is 9.55 Å². The molecule has 0 aliphatic rings. The average molecular weight is 434 g/mol. The topological polar surface area (TPSA) is 87.3 Å². The molecule has 0 bridgehead atoms. The van der Waals surface area contributed by atoms with Crippen molar-refractivity contribution in [1.29, 1.82) is 0 Å². The minimum absolute atomic E-state index is 0.0254. The monoisotopic (exact) mass is 433 g/mol. The number of nitro groups is 1. The number of methoxy groups -OCH3 is 1. The fourth-order valence-electron chi connectivity index (χ4n) is 3.25. The molecular formula is C23H16ClN3O4. The number of ether oxygens (including phenoxy) is 1. The summed E-state index contributed by atoms with van der Waals surface area (Å²) in [5.74, 6) is 0.782. The summed E-state index contributed by atoms with van der Waals surface area (Å²) in [6.07, 6.45) is 3.30. The smallest absolute Gasteiger partial charge is 0.270 e. The Hall–Kier alpha value is -3.97. The normalized spacial score (nSPS) is 11.2. The maximum atomic E-state index is 13.4. The van der Waals surface area contributed by atoms with Gasteiger partial charge in [0.05, 0.1) is 28.6 Å². The molecule has 0 aliphatic carbocycles. The average Bonchev–Trinajstić information content (AvgIpc) is 2.78. The lowest BCUT2D eigenvalue weighted by Gasteiger charge is -2.15. The van der Waals surface area contributed by atoms with Crippen molar-refractivity contribution >= 4 is 40.3 Å². The predicted octanol–water partition coefficient (Wildman–Crippen LogP) is 5.13. The van der Waals surface area contributed by atoms with Crippen molar-refractivity contribution in [3.8, 4) is 11.4 Å². The summed E-state index contributed by atoms with van der Waals surface area (Å²) in [5.41, 5.74) is 1.26. The van der Waals surface area contributed by atoms with Crippen molar-refractivity contribution in [2.75, 3.05) is 7.11 Å². The first-order valence-electron chi connectivity index (χ1n) is 9.26. The van der Waals surface area contributed by atoms with Gasteiger partial charge < -0.3 is 4.74 Å². The summed E-state index contributed by atoms with van der Waals surface area (Å²) in [6, 6.07) is 18.2.